The molecular formula is C6H9ClN3NaO2. The number of aromatic nitrogens is 2. The maximum absolute atomic E-state index is 10.2. The number of carbonyl (C=O) groups excluding carboxylic acids is 1. The van der Waals surface area contributed by atoms with E-state index in [2.05, 4.69) is 9.97 Å². The van der Waals surface area contributed by atoms with Crippen molar-refractivity contribution >= 4 is 18.4 Å². The zero-order valence-corrected chi connectivity index (χ0v) is 10.0. The fourth-order valence-electron chi connectivity index (χ4n) is 0.717. The molecule has 0 saturated heterocycles. The Morgan fingerprint density at radius 3 is 2.77 bits per heavy atom. The quantitative estimate of drug-likeness (QED) is 0.495. The van der Waals surface area contributed by atoms with Crippen molar-refractivity contribution in [2.75, 3.05) is 0 Å². The van der Waals surface area contributed by atoms with Crippen LogP contribution in [0.3, 0.4) is 0 Å². The van der Waals surface area contributed by atoms with Gasteiger partial charge in [0.15, 0.2) is 0 Å². The Kier molecular flexibility index (Phi) is 8.70. The molecule has 1 atom stereocenters. The van der Waals surface area contributed by atoms with Crippen molar-refractivity contribution in [3.05, 3.63) is 18.2 Å². The van der Waals surface area contributed by atoms with Crippen molar-refractivity contribution in [2.24, 2.45) is 5.73 Å². The van der Waals surface area contributed by atoms with Gasteiger partial charge in [0.1, 0.15) is 0 Å². The average Bonchev–Trinajstić information content (AvgIpc) is 2.39. The Bertz CT molecular complexity index is 242. The van der Waals surface area contributed by atoms with Crippen LogP contribution < -0.4 is 40.4 Å². The van der Waals surface area contributed by atoms with Gasteiger partial charge in [0.25, 0.3) is 0 Å². The van der Waals surface area contributed by atoms with Crippen molar-refractivity contribution < 1.29 is 39.5 Å². The van der Waals surface area contributed by atoms with E-state index >= 15 is 0 Å². The van der Waals surface area contributed by atoms with Crippen LogP contribution in [0.5, 0.6) is 0 Å². The first kappa shape index (κ1) is 15.4. The maximum atomic E-state index is 10.2. The largest absolute Gasteiger partial charge is 1.00 e. The van der Waals surface area contributed by atoms with Gasteiger partial charge < -0.3 is 20.6 Å². The average molecular weight is 214 g/mol. The van der Waals surface area contributed by atoms with Crippen LogP contribution in [0.2, 0.25) is 0 Å². The second-order valence-corrected chi connectivity index (χ2v) is 2.21. The van der Waals surface area contributed by atoms with E-state index in [0.717, 1.165) is 0 Å². The van der Waals surface area contributed by atoms with Crippen molar-refractivity contribution in [2.45, 2.75) is 12.5 Å². The van der Waals surface area contributed by atoms with E-state index in [-0.39, 0.29) is 48.4 Å². The van der Waals surface area contributed by atoms with E-state index in [1.165, 1.54) is 12.5 Å². The normalized spacial score (nSPS) is 10.8. The Labute approximate surface area is 104 Å². The molecule has 3 N–H and O–H groups in total. The summed E-state index contributed by atoms with van der Waals surface area (Å²) >= 11 is 0. The van der Waals surface area contributed by atoms with E-state index in [0.29, 0.717) is 5.69 Å². The number of hydrogen-bond donors (Lipinski definition) is 2. The number of H-pyrrole nitrogens is 1. The molecule has 0 aliphatic carbocycles. The third-order valence-electron chi connectivity index (χ3n) is 1.30. The monoisotopic (exact) mass is 213 g/mol. The van der Waals surface area contributed by atoms with Crippen LogP contribution >= 0.6 is 12.4 Å². The molecule has 0 aromatic carbocycles. The van der Waals surface area contributed by atoms with Crippen LogP contribution in [0.15, 0.2) is 12.5 Å². The fourth-order valence-corrected chi connectivity index (χ4v) is 0.717. The van der Waals surface area contributed by atoms with E-state index in [9.17, 15) is 9.90 Å². The number of aliphatic carboxylic acids is 1. The van der Waals surface area contributed by atoms with Crippen LogP contribution in [0.25, 0.3) is 0 Å². The minimum atomic E-state index is -1.25. The number of rotatable bonds is 3. The second kappa shape index (κ2) is 7.34. The fraction of sp³-hybridized carbons (Fsp3) is 0.333. The van der Waals surface area contributed by atoms with Gasteiger partial charge >= 0.3 is 29.6 Å². The molecule has 0 amide bonds. The second-order valence-electron chi connectivity index (χ2n) is 2.21. The topological polar surface area (TPSA) is 94.8 Å². The van der Waals surface area contributed by atoms with Gasteiger partial charge in [0, 0.05) is 24.4 Å². The number of halogens is 1. The number of nitrogens with two attached hydrogens (primary N) is 1. The molecule has 1 heterocycles. The van der Waals surface area contributed by atoms with Gasteiger partial charge in [-0.25, -0.2) is 4.98 Å². The summed E-state index contributed by atoms with van der Waals surface area (Å²) < 4.78 is 0. The van der Waals surface area contributed by atoms with Gasteiger partial charge in [-0.15, -0.1) is 12.4 Å². The smallest absolute Gasteiger partial charge is 0.548 e. The summed E-state index contributed by atoms with van der Waals surface area (Å²) in [5, 5.41) is 10.2. The Morgan fingerprint density at radius 1 is 1.77 bits per heavy atom. The summed E-state index contributed by atoms with van der Waals surface area (Å²) in [6, 6.07) is -0.963. The van der Waals surface area contributed by atoms with Crippen molar-refractivity contribution in [3.8, 4) is 0 Å². The van der Waals surface area contributed by atoms with Gasteiger partial charge in [-0.05, 0) is 0 Å². The molecule has 0 radical (unpaired) electrons. The molecule has 13 heavy (non-hydrogen) atoms. The zero-order chi connectivity index (χ0) is 8.27. The first-order valence-corrected chi connectivity index (χ1v) is 3.14. The van der Waals surface area contributed by atoms with E-state index < -0.39 is 12.0 Å². The first-order valence-electron chi connectivity index (χ1n) is 3.14. The first-order chi connectivity index (χ1) is 5.20. The third-order valence-corrected chi connectivity index (χ3v) is 1.30. The number of carbonyl (C=O) groups is 1. The molecule has 1 aromatic rings. The zero-order valence-electron chi connectivity index (χ0n) is 7.19. The van der Waals surface area contributed by atoms with E-state index in [4.69, 9.17) is 5.73 Å². The molecule has 68 valence electrons. The standard InChI is InChI=1S/C6H9N3O2.ClH.Na/c7-5(6(10)11)1-4-2-8-3-9-4;;/h2-3,5H,1,7H2,(H,8,9)(H,10,11);1H;/q;;+1/p-1. The number of carboxylic acids is 1. The van der Waals surface area contributed by atoms with Gasteiger partial charge in [-0.3, -0.25) is 0 Å². The van der Waals surface area contributed by atoms with Crippen LogP contribution in [0, 0.1) is 0 Å². The molecule has 0 bridgehead atoms. The van der Waals surface area contributed by atoms with Crippen LogP contribution in [0.4, 0.5) is 0 Å². The third kappa shape index (κ3) is 5.28. The minimum absolute atomic E-state index is 0. The molecule has 1 unspecified atom stereocenters. The van der Waals surface area contributed by atoms with Crippen LogP contribution in [-0.4, -0.2) is 22.0 Å². The molecule has 0 saturated carbocycles. The Hall–Kier alpha value is -0.0700. The van der Waals surface area contributed by atoms with E-state index in [1.807, 2.05) is 0 Å². The van der Waals surface area contributed by atoms with E-state index in [1.54, 1.807) is 0 Å². The van der Waals surface area contributed by atoms with Crippen molar-refractivity contribution in [3.63, 3.8) is 0 Å². The molecule has 0 aliphatic heterocycles. The number of imidazole rings is 1. The Balaban J connectivity index is 0. The molecule has 1 aromatic heterocycles. The van der Waals surface area contributed by atoms with Gasteiger partial charge in [-0.2, -0.15) is 0 Å². The van der Waals surface area contributed by atoms with Crippen LogP contribution in [-0.2, 0) is 11.2 Å². The maximum Gasteiger partial charge on any atom is 1.00 e. The minimum Gasteiger partial charge on any atom is -0.548 e. The molecule has 1 rings (SSSR count). The molecule has 0 aliphatic rings. The van der Waals surface area contributed by atoms with Gasteiger partial charge in [0.2, 0.25) is 0 Å². The van der Waals surface area contributed by atoms with Crippen molar-refractivity contribution in [1.82, 2.24) is 9.97 Å². The number of aromatic amines is 1. The SMILES string of the molecule is Cl.NC(Cc1cnc[nH]1)C(=O)[O-].[Na+]. The molecular weight excluding hydrogens is 205 g/mol. The predicted octanol–water partition coefficient (Wildman–Crippen LogP) is -4.54. The summed E-state index contributed by atoms with van der Waals surface area (Å²) in [5.41, 5.74) is 5.89. The number of nitrogens with zero attached hydrogens (tertiary/aromatic N) is 1. The Morgan fingerprint density at radius 2 is 2.38 bits per heavy atom. The summed E-state index contributed by atoms with van der Waals surface area (Å²) in [4.78, 5) is 16.6. The van der Waals surface area contributed by atoms with Gasteiger partial charge in [-0.1, -0.05) is 0 Å². The number of carboxylic acid groups (broad SMARTS) is 1. The number of nitrogens with one attached hydrogen (secondary N) is 1. The van der Waals surface area contributed by atoms with Crippen LogP contribution in [0.1, 0.15) is 5.69 Å². The molecule has 5 nitrogen and oxygen atoms in total. The van der Waals surface area contributed by atoms with Gasteiger partial charge in [0.05, 0.1) is 12.3 Å². The number of hydrogen-bond acceptors (Lipinski definition) is 4. The summed E-state index contributed by atoms with van der Waals surface area (Å²) in [7, 11) is 0. The van der Waals surface area contributed by atoms with Crippen molar-refractivity contribution in [1.29, 1.82) is 0 Å². The molecule has 7 heteroatoms. The predicted molar refractivity (Wildman–Crippen MR) is 42.5 cm³/mol. The summed E-state index contributed by atoms with van der Waals surface area (Å²) in [5.74, 6) is -1.25. The summed E-state index contributed by atoms with van der Waals surface area (Å²) in [6.07, 6.45) is 3.22. The summed E-state index contributed by atoms with van der Waals surface area (Å²) in [6.45, 7) is 0. The molecule has 0 spiro atoms. The molecule has 0 fully saturated rings.